The van der Waals surface area contributed by atoms with E-state index in [1.54, 1.807) is 12.1 Å². The normalized spacial score (nSPS) is 9.30. The Hall–Kier alpha value is -1.09. The number of rotatable bonds is 0. The van der Waals surface area contributed by atoms with E-state index in [-0.39, 0.29) is 5.49 Å². The molecule has 0 spiro atoms. The molecule has 0 aliphatic rings. The number of pyridine rings is 1. The van der Waals surface area contributed by atoms with Gasteiger partial charge in [0.15, 0.2) is 0 Å². The van der Waals surface area contributed by atoms with Crippen molar-refractivity contribution in [3.63, 3.8) is 0 Å². The van der Waals surface area contributed by atoms with E-state index in [1.807, 2.05) is 0 Å². The molecule has 0 aliphatic heterocycles. The van der Waals surface area contributed by atoms with E-state index in [0.29, 0.717) is 0 Å². The fourth-order valence-electron chi connectivity index (χ4n) is 0.596. The molecule has 0 fully saturated rings. The molecule has 0 saturated heterocycles. The molecule has 0 aromatic carbocycles. The van der Waals surface area contributed by atoms with Gasteiger partial charge < -0.3 is 0 Å². The van der Waals surface area contributed by atoms with Gasteiger partial charge >= 0.3 is 5.37 Å². The summed E-state index contributed by atoms with van der Waals surface area (Å²) < 4.78 is 1.04. The number of carbonyl (C=O) groups is 1. The lowest BCUT2D eigenvalue weighted by molar-refractivity contribution is 0.260. The molecule has 0 radical (unpaired) electrons. The molecular formula is C6H5ClN2O. The van der Waals surface area contributed by atoms with Crippen LogP contribution in [0.25, 0.3) is 0 Å². The summed E-state index contributed by atoms with van der Waals surface area (Å²) in [5, 5.41) is 6.50. The second-order valence-corrected chi connectivity index (χ2v) is 2.03. The quantitative estimate of drug-likeness (QED) is 0.564. The SMILES string of the molecule is N=c1ccccn1C(=O)Cl. The Bertz CT molecular complexity index is 305. The van der Waals surface area contributed by atoms with Crippen molar-refractivity contribution in [2.24, 2.45) is 0 Å². The van der Waals surface area contributed by atoms with Gasteiger partial charge in [0.1, 0.15) is 5.49 Å². The molecule has 52 valence electrons. The summed E-state index contributed by atoms with van der Waals surface area (Å²) >= 11 is 5.11. The van der Waals surface area contributed by atoms with Crippen LogP contribution in [0.15, 0.2) is 24.4 Å². The minimum absolute atomic E-state index is 0.0856. The Morgan fingerprint density at radius 3 is 2.70 bits per heavy atom. The highest BCUT2D eigenvalue weighted by Gasteiger charge is 1.95. The third-order valence-corrected chi connectivity index (χ3v) is 1.23. The number of nitrogens with zero attached hydrogens (tertiary/aromatic N) is 1. The second kappa shape index (κ2) is 2.66. The Morgan fingerprint density at radius 1 is 1.60 bits per heavy atom. The van der Waals surface area contributed by atoms with E-state index in [1.165, 1.54) is 12.3 Å². The number of hydrogen-bond donors (Lipinski definition) is 1. The molecule has 4 heteroatoms. The van der Waals surface area contributed by atoms with Crippen LogP contribution >= 0.6 is 11.6 Å². The lowest BCUT2D eigenvalue weighted by Gasteiger charge is -1.95. The smallest absolute Gasteiger partial charge is 0.284 e. The van der Waals surface area contributed by atoms with Crippen LogP contribution in [0, 0.1) is 5.41 Å². The molecule has 0 atom stereocenters. The zero-order valence-electron chi connectivity index (χ0n) is 5.04. The first-order valence-electron chi connectivity index (χ1n) is 2.64. The fraction of sp³-hybridized carbons (Fsp3) is 0. The van der Waals surface area contributed by atoms with E-state index in [0.717, 1.165) is 4.57 Å². The van der Waals surface area contributed by atoms with Gasteiger partial charge in [-0.1, -0.05) is 6.07 Å². The standard InChI is InChI=1S/C6H5ClN2O/c7-6(10)9-4-2-1-3-5(9)8/h1-4,8H. The molecule has 0 unspecified atom stereocenters. The van der Waals surface area contributed by atoms with Gasteiger partial charge in [-0.3, -0.25) is 14.8 Å². The average molecular weight is 157 g/mol. The molecule has 10 heavy (non-hydrogen) atoms. The van der Waals surface area contributed by atoms with Crippen LogP contribution in [0.3, 0.4) is 0 Å². The predicted octanol–water partition coefficient (Wildman–Crippen LogP) is 1.17. The van der Waals surface area contributed by atoms with E-state index in [9.17, 15) is 4.79 Å². The summed E-state index contributed by atoms with van der Waals surface area (Å²) in [6.07, 6.45) is 1.44. The maximum absolute atomic E-state index is 10.5. The Morgan fingerprint density at radius 2 is 2.30 bits per heavy atom. The first kappa shape index (κ1) is 7.02. The van der Waals surface area contributed by atoms with E-state index >= 15 is 0 Å². The Labute approximate surface area is 62.4 Å². The van der Waals surface area contributed by atoms with Crippen LogP contribution < -0.4 is 5.49 Å². The maximum Gasteiger partial charge on any atom is 0.326 e. The highest BCUT2D eigenvalue weighted by atomic mass is 35.5. The van der Waals surface area contributed by atoms with Crippen molar-refractivity contribution in [3.8, 4) is 0 Å². The molecule has 0 aliphatic carbocycles. The summed E-state index contributed by atoms with van der Waals surface area (Å²) in [6.45, 7) is 0. The average Bonchev–Trinajstić information content (AvgIpc) is 1.88. The maximum atomic E-state index is 10.5. The molecule has 0 bridgehead atoms. The third-order valence-electron chi connectivity index (χ3n) is 1.05. The molecular weight excluding hydrogens is 152 g/mol. The molecule has 1 heterocycles. The summed E-state index contributed by atoms with van der Waals surface area (Å²) in [7, 11) is 0. The second-order valence-electron chi connectivity index (χ2n) is 1.71. The number of aromatic nitrogens is 1. The van der Waals surface area contributed by atoms with E-state index < -0.39 is 5.37 Å². The van der Waals surface area contributed by atoms with Crippen molar-refractivity contribution in [3.05, 3.63) is 29.9 Å². The Balaban J connectivity index is 3.29. The van der Waals surface area contributed by atoms with Gasteiger partial charge in [-0.05, 0) is 23.7 Å². The number of halogens is 1. The highest BCUT2D eigenvalue weighted by molar-refractivity contribution is 6.63. The molecule has 1 rings (SSSR count). The molecule has 1 N–H and O–H groups in total. The molecule has 0 amide bonds. The fourth-order valence-corrected chi connectivity index (χ4v) is 0.744. The topological polar surface area (TPSA) is 45.9 Å². The summed E-state index contributed by atoms with van der Waals surface area (Å²) in [5.74, 6) is 0. The van der Waals surface area contributed by atoms with Gasteiger partial charge in [0, 0.05) is 6.20 Å². The predicted molar refractivity (Wildman–Crippen MR) is 36.9 cm³/mol. The van der Waals surface area contributed by atoms with E-state index in [4.69, 9.17) is 17.0 Å². The minimum atomic E-state index is -0.661. The van der Waals surface area contributed by atoms with Crippen molar-refractivity contribution in [1.82, 2.24) is 4.57 Å². The van der Waals surface area contributed by atoms with Crippen LogP contribution in [0.5, 0.6) is 0 Å². The molecule has 0 saturated carbocycles. The van der Waals surface area contributed by atoms with Gasteiger partial charge in [-0.15, -0.1) is 0 Å². The van der Waals surface area contributed by atoms with Crippen molar-refractivity contribution < 1.29 is 4.79 Å². The monoisotopic (exact) mass is 156 g/mol. The van der Waals surface area contributed by atoms with Crippen LogP contribution in [0.2, 0.25) is 0 Å². The van der Waals surface area contributed by atoms with Gasteiger partial charge in [-0.2, -0.15) is 0 Å². The van der Waals surface area contributed by atoms with Crippen LogP contribution in [0.4, 0.5) is 4.79 Å². The van der Waals surface area contributed by atoms with Crippen LogP contribution in [-0.4, -0.2) is 9.93 Å². The number of carbonyl (C=O) groups excluding carboxylic acids is 1. The molecule has 1 aromatic heterocycles. The zero-order valence-corrected chi connectivity index (χ0v) is 5.80. The summed E-state index contributed by atoms with van der Waals surface area (Å²) in [6, 6.07) is 4.79. The van der Waals surface area contributed by atoms with Crippen molar-refractivity contribution in [1.29, 1.82) is 5.41 Å². The zero-order chi connectivity index (χ0) is 7.56. The first-order valence-corrected chi connectivity index (χ1v) is 3.02. The number of hydrogen-bond acceptors (Lipinski definition) is 2. The van der Waals surface area contributed by atoms with Gasteiger partial charge in [-0.25, -0.2) is 0 Å². The van der Waals surface area contributed by atoms with Gasteiger partial charge in [0.2, 0.25) is 0 Å². The summed E-state index contributed by atoms with van der Waals surface area (Å²) in [4.78, 5) is 10.5. The summed E-state index contributed by atoms with van der Waals surface area (Å²) in [5.41, 5.74) is 0.0856. The molecule has 3 nitrogen and oxygen atoms in total. The van der Waals surface area contributed by atoms with E-state index in [2.05, 4.69) is 0 Å². The van der Waals surface area contributed by atoms with Crippen LogP contribution in [-0.2, 0) is 0 Å². The third kappa shape index (κ3) is 1.25. The first-order chi connectivity index (χ1) is 4.72. The molecule has 1 aromatic rings. The van der Waals surface area contributed by atoms with Crippen molar-refractivity contribution >= 4 is 17.0 Å². The van der Waals surface area contributed by atoms with Crippen LogP contribution in [0.1, 0.15) is 0 Å². The minimum Gasteiger partial charge on any atom is -0.284 e. The van der Waals surface area contributed by atoms with Gasteiger partial charge in [0.25, 0.3) is 0 Å². The van der Waals surface area contributed by atoms with Crippen molar-refractivity contribution in [2.75, 3.05) is 0 Å². The highest BCUT2D eigenvalue weighted by Crippen LogP contribution is 1.86. The van der Waals surface area contributed by atoms with Gasteiger partial charge in [0.05, 0.1) is 0 Å². The van der Waals surface area contributed by atoms with Crippen molar-refractivity contribution in [2.45, 2.75) is 0 Å². The largest absolute Gasteiger partial charge is 0.326 e. The lowest BCUT2D eigenvalue weighted by Crippen LogP contribution is -2.20. The Kier molecular flexibility index (Phi) is 1.87. The number of nitrogens with one attached hydrogen (secondary N) is 1. The lowest BCUT2D eigenvalue weighted by atomic mass is 10.5.